The summed E-state index contributed by atoms with van der Waals surface area (Å²) in [5.74, 6) is -1.57. The third kappa shape index (κ3) is 4.63. The number of benzene rings is 1. The Hall–Kier alpha value is -2.53. The zero-order valence-corrected chi connectivity index (χ0v) is 18.8. The Bertz CT molecular complexity index is 1120. The lowest BCUT2D eigenvalue weighted by Crippen LogP contribution is -2.47. The van der Waals surface area contributed by atoms with Gasteiger partial charge >= 0.3 is 0 Å². The number of amides is 1. The molecule has 1 N–H and O–H groups in total. The van der Waals surface area contributed by atoms with E-state index in [1.165, 1.54) is 0 Å². The van der Waals surface area contributed by atoms with Crippen LogP contribution in [-0.2, 0) is 14.6 Å². The highest BCUT2D eigenvalue weighted by atomic mass is 35.5. The summed E-state index contributed by atoms with van der Waals surface area (Å²) >= 11 is 5.83. The van der Waals surface area contributed by atoms with Gasteiger partial charge in [-0.3, -0.25) is 4.79 Å². The summed E-state index contributed by atoms with van der Waals surface area (Å²) in [5.41, 5.74) is -0.232. The van der Waals surface area contributed by atoms with Gasteiger partial charge in [-0.1, -0.05) is 11.6 Å². The van der Waals surface area contributed by atoms with Crippen LogP contribution >= 0.6 is 11.6 Å². The van der Waals surface area contributed by atoms with Crippen molar-refractivity contribution >= 4 is 39.0 Å². The van der Waals surface area contributed by atoms with Crippen LogP contribution in [0.5, 0.6) is 0 Å². The van der Waals surface area contributed by atoms with Gasteiger partial charge in [0, 0.05) is 38.0 Å². The molecule has 2 aliphatic rings. The van der Waals surface area contributed by atoms with E-state index in [0.29, 0.717) is 43.1 Å². The molecule has 1 atom stereocenters. The van der Waals surface area contributed by atoms with Crippen molar-refractivity contribution in [1.29, 1.82) is 0 Å². The van der Waals surface area contributed by atoms with Gasteiger partial charge in [-0.15, -0.1) is 0 Å². The molecular formula is C20H22ClF2N5O3S. The second-order valence-corrected chi connectivity index (χ2v) is 10.4. The number of hydrogen-bond acceptors (Lipinski definition) is 7. The van der Waals surface area contributed by atoms with Crippen molar-refractivity contribution in [2.75, 3.05) is 36.1 Å². The molecule has 1 amide bonds. The number of carbonyl (C=O) groups is 1. The first-order valence-corrected chi connectivity index (χ1v) is 12.4. The summed E-state index contributed by atoms with van der Waals surface area (Å²) in [7, 11) is -3.90. The zero-order chi connectivity index (χ0) is 23.0. The highest BCUT2D eigenvalue weighted by Gasteiger charge is 2.38. The highest BCUT2D eigenvalue weighted by Crippen LogP contribution is 2.28. The SMILES string of the molecule is CS(=O)(=O)c1cc(F)c(NC2CCN(C3CCN(c4ncc(Cl)cn4)CC3)C2=O)cc1F. The van der Waals surface area contributed by atoms with Crippen LogP contribution in [0.2, 0.25) is 5.02 Å². The minimum atomic E-state index is -3.90. The van der Waals surface area contributed by atoms with Crippen LogP contribution in [0, 0.1) is 11.6 Å². The minimum absolute atomic E-state index is 0.0343. The summed E-state index contributed by atoms with van der Waals surface area (Å²) in [6, 6.07) is 0.753. The number of halogens is 3. The van der Waals surface area contributed by atoms with E-state index in [1.807, 2.05) is 4.90 Å². The summed E-state index contributed by atoms with van der Waals surface area (Å²) in [6.07, 6.45) is 5.79. The van der Waals surface area contributed by atoms with Gasteiger partial charge in [-0.2, -0.15) is 0 Å². The van der Waals surface area contributed by atoms with Gasteiger partial charge < -0.3 is 15.1 Å². The number of nitrogens with one attached hydrogen (secondary N) is 1. The standard InChI is InChI=1S/C20H22ClF2N5O3S/c1-32(30,31)18-9-14(22)17(8-15(18)23)26-16-4-7-28(19(16)29)13-2-5-27(6-3-13)20-24-10-12(21)11-25-20/h8-11,13,16,26H,2-7H2,1H3. The van der Waals surface area contributed by atoms with Crippen LogP contribution in [0.3, 0.4) is 0 Å². The van der Waals surface area contributed by atoms with E-state index in [2.05, 4.69) is 15.3 Å². The zero-order valence-electron chi connectivity index (χ0n) is 17.3. The number of rotatable bonds is 5. The van der Waals surface area contributed by atoms with Crippen molar-refractivity contribution in [1.82, 2.24) is 14.9 Å². The molecule has 172 valence electrons. The first-order valence-electron chi connectivity index (χ1n) is 10.1. The molecule has 0 radical (unpaired) electrons. The van der Waals surface area contributed by atoms with Crippen LogP contribution in [0.15, 0.2) is 29.4 Å². The summed E-state index contributed by atoms with van der Waals surface area (Å²) in [6.45, 7) is 1.87. The predicted molar refractivity (Wildman–Crippen MR) is 115 cm³/mol. The molecule has 3 heterocycles. The maximum atomic E-state index is 14.4. The molecule has 2 aromatic rings. The third-order valence-corrected chi connectivity index (χ3v) is 7.09. The fourth-order valence-corrected chi connectivity index (χ4v) is 4.98. The smallest absolute Gasteiger partial charge is 0.245 e. The molecule has 8 nitrogen and oxygen atoms in total. The van der Waals surface area contributed by atoms with Crippen molar-refractivity contribution in [2.45, 2.75) is 36.2 Å². The Balaban J connectivity index is 1.39. The fourth-order valence-electron chi connectivity index (χ4n) is 4.16. The molecule has 0 saturated carbocycles. The topological polar surface area (TPSA) is 95.5 Å². The molecule has 1 aromatic carbocycles. The minimum Gasteiger partial charge on any atom is -0.371 e. The Kier molecular flexibility index (Phi) is 6.22. The molecule has 1 aromatic heterocycles. The predicted octanol–water partition coefficient (Wildman–Crippen LogP) is 2.49. The van der Waals surface area contributed by atoms with E-state index < -0.39 is 32.4 Å². The average molecular weight is 486 g/mol. The molecule has 2 fully saturated rings. The van der Waals surface area contributed by atoms with Crippen molar-refractivity contribution < 1.29 is 22.0 Å². The van der Waals surface area contributed by atoms with Gasteiger partial charge in [0.2, 0.25) is 11.9 Å². The molecule has 2 aliphatic heterocycles. The van der Waals surface area contributed by atoms with Gasteiger partial charge in [0.1, 0.15) is 22.6 Å². The fraction of sp³-hybridized carbons (Fsp3) is 0.450. The summed E-state index contributed by atoms with van der Waals surface area (Å²) in [4.78, 5) is 24.5. The Morgan fingerprint density at radius 1 is 1.06 bits per heavy atom. The van der Waals surface area contributed by atoms with Crippen molar-refractivity contribution in [3.63, 3.8) is 0 Å². The molecule has 0 spiro atoms. The molecule has 1 unspecified atom stereocenters. The second-order valence-electron chi connectivity index (χ2n) is 7.97. The van der Waals surface area contributed by atoms with Gasteiger partial charge in [0.25, 0.3) is 0 Å². The van der Waals surface area contributed by atoms with E-state index in [1.54, 1.807) is 17.3 Å². The number of piperidine rings is 1. The number of nitrogens with zero attached hydrogens (tertiary/aromatic N) is 4. The lowest BCUT2D eigenvalue weighted by molar-refractivity contribution is -0.130. The van der Waals surface area contributed by atoms with Gasteiger partial charge in [0.05, 0.1) is 23.1 Å². The monoisotopic (exact) mass is 485 g/mol. The van der Waals surface area contributed by atoms with Crippen LogP contribution < -0.4 is 10.2 Å². The number of sulfone groups is 1. The first kappa shape index (κ1) is 22.7. The average Bonchev–Trinajstić information content (AvgIpc) is 3.10. The van der Waals surface area contributed by atoms with E-state index in [0.717, 1.165) is 25.2 Å². The van der Waals surface area contributed by atoms with Crippen molar-refractivity contribution in [2.24, 2.45) is 0 Å². The number of hydrogen-bond donors (Lipinski definition) is 1. The number of likely N-dealkylation sites (tertiary alicyclic amines) is 1. The summed E-state index contributed by atoms with van der Waals surface area (Å²) < 4.78 is 51.6. The number of aromatic nitrogens is 2. The van der Waals surface area contributed by atoms with Gasteiger partial charge in [-0.05, 0) is 25.3 Å². The lowest BCUT2D eigenvalue weighted by atomic mass is 10.0. The van der Waals surface area contributed by atoms with Crippen LogP contribution in [0.25, 0.3) is 0 Å². The largest absolute Gasteiger partial charge is 0.371 e. The third-order valence-electron chi connectivity index (χ3n) is 5.79. The molecule has 2 saturated heterocycles. The first-order chi connectivity index (χ1) is 15.1. The molecule has 0 bridgehead atoms. The Morgan fingerprint density at radius 2 is 1.72 bits per heavy atom. The van der Waals surface area contributed by atoms with E-state index in [4.69, 9.17) is 11.6 Å². The molecule has 0 aliphatic carbocycles. The Labute approximate surface area is 189 Å². The lowest BCUT2D eigenvalue weighted by Gasteiger charge is -2.36. The molecule has 12 heteroatoms. The highest BCUT2D eigenvalue weighted by molar-refractivity contribution is 7.90. The summed E-state index contributed by atoms with van der Waals surface area (Å²) in [5, 5.41) is 3.21. The normalized spacial score (nSPS) is 20.1. The van der Waals surface area contributed by atoms with Crippen molar-refractivity contribution in [3.8, 4) is 0 Å². The molecular weight excluding hydrogens is 464 g/mol. The quantitative estimate of drug-likeness (QED) is 0.695. The molecule has 32 heavy (non-hydrogen) atoms. The van der Waals surface area contributed by atoms with Crippen LogP contribution in [-0.4, -0.2) is 67.2 Å². The maximum Gasteiger partial charge on any atom is 0.245 e. The van der Waals surface area contributed by atoms with Crippen LogP contribution in [0.1, 0.15) is 19.3 Å². The van der Waals surface area contributed by atoms with Gasteiger partial charge in [0.15, 0.2) is 9.84 Å². The second kappa shape index (κ2) is 8.78. The maximum absolute atomic E-state index is 14.4. The van der Waals surface area contributed by atoms with Gasteiger partial charge in [-0.25, -0.2) is 27.2 Å². The Morgan fingerprint density at radius 3 is 2.34 bits per heavy atom. The molecule has 4 rings (SSSR count). The van der Waals surface area contributed by atoms with E-state index in [-0.39, 0.29) is 17.6 Å². The van der Waals surface area contributed by atoms with E-state index in [9.17, 15) is 22.0 Å². The number of carbonyl (C=O) groups excluding carboxylic acids is 1. The number of anilines is 2. The van der Waals surface area contributed by atoms with Crippen LogP contribution in [0.4, 0.5) is 20.4 Å². The van der Waals surface area contributed by atoms with Crippen molar-refractivity contribution in [3.05, 3.63) is 41.2 Å². The van der Waals surface area contributed by atoms with E-state index >= 15 is 0 Å².